The molecule has 0 fully saturated rings. The average Bonchev–Trinajstić information content (AvgIpc) is 2.60. The number of fused-ring (bicyclic) bond motifs is 1. The molecule has 1 N–H and O–H groups in total. The van der Waals surface area contributed by atoms with Gasteiger partial charge in [0.15, 0.2) is 6.10 Å². The van der Waals surface area contributed by atoms with Crippen LogP contribution in [0.2, 0.25) is 5.02 Å². The predicted molar refractivity (Wildman–Crippen MR) is 100 cm³/mol. The van der Waals surface area contributed by atoms with Gasteiger partial charge in [-0.25, -0.2) is 0 Å². The molecule has 1 unspecified atom stereocenters. The first-order valence-electron chi connectivity index (χ1n) is 8.11. The van der Waals surface area contributed by atoms with Crippen molar-refractivity contribution in [3.63, 3.8) is 0 Å². The van der Waals surface area contributed by atoms with Crippen LogP contribution >= 0.6 is 11.6 Å². The summed E-state index contributed by atoms with van der Waals surface area (Å²) >= 11 is 6.07. The van der Waals surface area contributed by atoms with Crippen molar-refractivity contribution in [3.05, 3.63) is 47.0 Å². The van der Waals surface area contributed by atoms with Crippen LogP contribution in [0.1, 0.15) is 12.5 Å². The van der Waals surface area contributed by atoms with Gasteiger partial charge in [0.05, 0.1) is 17.8 Å². The third-order valence-corrected chi connectivity index (χ3v) is 4.36. The number of amides is 2. The van der Waals surface area contributed by atoms with Crippen LogP contribution in [0.3, 0.4) is 0 Å². The van der Waals surface area contributed by atoms with E-state index in [-0.39, 0.29) is 18.4 Å². The van der Waals surface area contributed by atoms with Crippen LogP contribution in [0.5, 0.6) is 11.5 Å². The quantitative estimate of drug-likeness (QED) is 0.890. The molecule has 136 valence electrons. The summed E-state index contributed by atoms with van der Waals surface area (Å²) in [5.74, 6) is 0.515. The molecule has 1 aliphatic rings. The number of carbonyl (C=O) groups excluding carboxylic acids is 2. The molecule has 7 heteroatoms. The lowest BCUT2D eigenvalue weighted by Gasteiger charge is -2.32. The van der Waals surface area contributed by atoms with E-state index in [0.717, 1.165) is 5.56 Å². The molecule has 6 nitrogen and oxygen atoms in total. The highest BCUT2D eigenvalue weighted by molar-refractivity contribution is 6.32. The molecule has 0 aromatic heterocycles. The van der Waals surface area contributed by atoms with E-state index in [1.807, 2.05) is 25.1 Å². The Hall–Kier alpha value is -2.73. The second kappa shape index (κ2) is 7.25. The van der Waals surface area contributed by atoms with Gasteiger partial charge in [-0.1, -0.05) is 17.7 Å². The molecule has 26 heavy (non-hydrogen) atoms. The van der Waals surface area contributed by atoms with Crippen molar-refractivity contribution in [1.82, 2.24) is 0 Å². The maximum Gasteiger partial charge on any atom is 0.268 e. The largest absolute Gasteiger partial charge is 0.495 e. The molecule has 2 aromatic carbocycles. The number of benzene rings is 2. The van der Waals surface area contributed by atoms with Crippen LogP contribution < -0.4 is 19.7 Å². The van der Waals surface area contributed by atoms with Crippen molar-refractivity contribution in [2.75, 3.05) is 23.9 Å². The van der Waals surface area contributed by atoms with Crippen LogP contribution in [0.25, 0.3) is 0 Å². The molecule has 0 radical (unpaired) electrons. The van der Waals surface area contributed by atoms with Gasteiger partial charge in [0.25, 0.3) is 5.91 Å². The number of carbonyl (C=O) groups is 2. The smallest absolute Gasteiger partial charge is 0.268 e. The van der Waals surface area contributed by atoms with Gasteiger partial charge in [-0.05, 0) is 49.7 Å². The summed E-state index contributed by atoms with van der Waals surface area (Å²) in [7, 11) is 1.52. The van der Waals surface area contributed by atoms with Crippen molar-refractivity contribution in [3.8, 4) is 11.5 Å². The Morgan fingerprint density at radius 3 is 2.77 bits per heavy atom. The van der Waals surface area contributed by atoms with Crippen LogP contribution in [-0.4, -0.2) is 31.6 Å². The molecule has 0 bridgehead atoms. The number of hydrogen-bond acceptors (Lipinski definition) is 4. The second-order valence-corrected chi connectivity index (χ2v) is 6.46. The van der Waals surface area contributed by atoms with E-state index in [0.29, 0.717) is 27.9 Å². The van der Waals surface area contributed by atoms with Gasteiger partial charge in [0.1, 0.15) is 18.0 Å². The first kappa shape index (κ1) is 18.1. The Morgan fingerprint density at radius 2 is 2.08 bits per heavy atom. The third-order valence-electron chi connectivity index (χ3n) is 4.06. The van der Waals surface area contributed by atoms with Gasteiger partial charge in [-0.3, -0.25) is 14.5 Å². The number of nitrogens with one attached hydrogen (secondary N) is 1. The topological polar surface area (TPSA) is 67.9 Å². The fourth-order valence-electron chi connectivity index (χ4n) is 2.77. The van der Waals surface area contributed by atoms with Crippen molar-refractivity contribution in [2.24, 2.45) is 0 Å². The van der Waals surface area contributed by atoms with Crippen molar-refractivity contribution in [1.29, 1.82) is 0 Å². The van der Waals surface area contributed by atoms with Crippen LogP contribution in [0.4, 0.5) is 11.4 Å². The molecule has 2 amide bonds. The van der Waals surface area contributed by atoms with Gasteiger partial charge in [0.2, 0.25) is 5.91 Å². The lowest BCUT2D eigenvalue weighted by Crippen LogP contribution is -2.47. The Labute approximate surface area is 156 Å². The van der Waals surface area contributed by atoms with E-state index in [1.165, 1.54) is 12.0 Å². The van der Waals surface area contributed by atoms with E-state index in [1.54, 1.807) is 25.1 Å². The Balaban J connectivity index is 1.79. The number of halogens is 1. The minimum Gasteiger partial charge on any atom is -0.495 e. The zero-order chi connectivity index (χ0) is 18.8. The first-order chi connectivity index (χ1) is 12.4. The molecule has 3 rings (SSSR count). The Bertz CT molecular complexity index is 869. The summed E-state index contributed by atoms with van der Waals surface area (Å²) in [5.41, 5.74) is 2.09. The highest BCUT2D eigenvalue weighted by Gasteiger charge is 2.32. The summed E-state index contributed by atoms with van der Waals surface area (Å²) < 4.78 is 10.7. The number of nitrogens with zero attached hydrogens (tertiary/aromatic N) is 1. The summed E-state index contributed by atoms with van der Waals surface area (Å²) in [6.45, 7) is 3.46. The highest BCUT2D eigenvalue weighted by atomic mass is 35.5. The van der Waals surface area contributed by atoms with Crippen LogP contribution in [0.15, 0.2) is 36.4 Å². The average molecular weight is 375 g/mol. The van der Waals surface area contributed by atoms with E-state index < -0.39 is 6.10 Å². The molecule has 0 spiro atoms. The standard InChI is InChI=1S/C19H19ClN2O4/c1-11-4-6-17-15(8-11)22(19(24)12(2)26-17)10-18(23)21-13-5-7-16(25-3)14(20)9-13/h4-9,12H,10H2,1-3H3,(H,21,23). The normalized spacial score (nSPS) is 15.9. The number of aryl methyl sites for hydroxylation is 1. The molecule has 0 saturated heterocycles. The molecular weight excluding hydrogens is 356 g/mol. The van der Waals surface area contributed by atoms with Crippen molar-refractivity contribution in [2.45, 2.75) is 20.0 Å². The molecular formula is C19H19ClN2O4. The molecule has 1 atom stereocenters. The second-order valence-electron chi connectivity index (χ2n) is 6.05. The Kier molecular flexibility index (Phi) is 5.04. The number of hydrogen-bond donors (Lipinski definition) is 1. The number of ether oxygens (including phenoxy) is 2. The highest BCUT2D eigenvalue weighted by Crippen LogP contribution is 2.34. The van der Waals surface area contributed by atoms with Gasteiger partial charge >= 0.3 is 0 Å². The fraction of sp³-hybridized carbons (Fsp3) is 0.263. The maximum absolute atomic E-state index is 12.5. The lowest BCUT2D eigenvalue weighted by atomic mass is 10.1. The minimum atomic E-state index is -0.645. The monoisotopic (exact) mass is 374 g/mol. The summed E-state index contributed by atoms with van der Waals surface area (Å²) in [4.78, 5) is 26.4. The van der Waals surface area contributed by atoms with Gasteiger partial charge < -0.3 is 14.8 Å². The molecule has 1 aliphatic heterocycles. The number of rotatable bonds is 4. The fourth-order valence-corrected chi connectivity index (χ4v) is 3.03. The zero-order valence-corrected chi connectivity index (χ0v) is 15.5. The molecule has 0 saturated carbocycles. The maximum atomic E-state index is 12.5. The van der Waals surface area contributed by atoms with Gasteiger partial charge in [-0.15, -0.1) is 0 Å². The van der Waals surface area contributed by atoms with E-state index in [9.17, 15) is 9.59 Å². The molecule has 0 aliphatic carbocycles. The predicted octanol–water partition coefficient (Wildman–Crippen LogP) is 3.41. The van der Waals surface area contributed by atoms with Gasteiger partial charge in [0, 0.05) is 5.69 Å². The summed E-state index contributed by atoms with van der Waals surface area (Å²) in [6, 6.07) is 10.5. The zero-order valence-electron chi connectivity index (χ0n) is 14.7. The van der Waals surface area contributed by atoms with E-state index in [2.05, 4.69) is 5.32 Å². The summed E-state index contributed by atoms with van der Waals surface area (Å²) in [6.07, 6.45) is -0.645. The minimum absolute atomic E-state index is 0.118. The summed E-state index contributed by atoms with van der Waals surface area (Å²) in [5, 5.41) is 3.14. The third kappa shape index (κ3) is 3.60. The number of anilines is 2. The van der Waals surface area contributed by atoms with Crippen molar-refractivity contribution >= 4 is 34.8 Å². The van der Waals surface area contributed by atoms with E-state index in [4.69, 9.17) is 21.1 Å². The van der Waals surface area contributed by atoms with Crippen LogP contribution in [-0.2, 0) is 9.59 Å². The van der Waals surface area contributed by atoms with E-state index >= 15 is 0 Å². The van der Waals surface area contributed by atoms with Crippen LogP contribution in [0, 0.1) is 6.92 Å². The SMILES string of the molecule is COc1ccc(NC(=O)CN2C(=O)C(C)Oc3ccc(C)cc32)cc1Cl. The number of methoxy groups -OCH3 is 1. The first-order valence-corrected chi connectivity index (χ1v) is 8.49. The lowest BCUT2D eigenvalue weighted by molar-refractivity contribution is -0.127. The molecule has 2 aromatic rings. The van der Waals surface area contributed by atoms with Crippen molar-refractivity contribution < 1.29 is 19.1 Å². The van der Waals surface area contributed by atoms with Gasteiger partial charge in [-0.2, -0.15) is 0 Å². The molecule has 1 heterocycles. The Morgan fingerprint density at radius 1 is 1.31 bits per heavy atom.